The number of aryl methyl sites for hydroxylation is 1. The van der Waals surface area contributed by atoms with Crippen molar-refractivity contribution < 1.29 is 36.2 Å². The second kappa shape index (κ2) is 11.9. The van der Waals surface area contributed by atoms with E-state index in [1.165, 1.54) is 4.90 Å². The van der Waals surface area contributed by atoms with Crippen LogP contribution in [0.5, 0.6) is 0 Å². The summed E-state index contributed by atoms with van der Waals surface area (Å²) in [5.41, 5.74) is 0.784. The Balaban J connectivity index is 1.35. The molecule has 11 nitrogen and oxygen atoms in total. The molecule has 0 saturated carbocycles. The molecule has 3 N–H and O–H groups in total. The van der Waals surface area contributed by atoms with Crippen molar-refractivity contribution in [3.63, 3.8) is 0 Å². The fraction of sp³-hybridized carbons (Fsp3) is 0.464. The maximum Gasteiger partial charge on any atom is 0.420 e. The molecule has 44 heavy (non-hydrogen) atoms. The van der Waals surface area contributed by atoms with Crippen LogP contribution in [0.2, 0.25) is 0 Å². The Labute approximate surface area is 256 Å². The van der Waals surface area contributed by atoms with E-state index >= 15 is 0 Å². The van der Waals surface area contributed by atoms with E-state index in [1.54, 1.807) is 0 Å². The first-order valence-corrected chi connectivity index (χ1v) is 16.6. The molecule has 0 bridgehead atoms. The largest absolute Gasteiger partial charge is 0.420 e. The van der Waals surface area contributed by atoms with E-state index in [0.717, 1.165) is 30.4 Å². The van der Waals surface area contributed by atoms with Crippen LogP contribution in [0.4, 0.5) is 30.5 Å². The number of benzene rings is 1. The number of thiophene rings is 1. The maximum atomic E-state index is 14.2. The van der Waals surface area contributed by atoms with Gasteiger partial charge in [0, 0.05) is 49.8 Å². The number of amides is 1. The molecule has 1 unspecified atom stereocenters. The van der Waals surface area contributed by atoms with Crippen molar-refractivity contribution >= 4 is 44.4 Å². The van der Waals surface area contributed by atoms with Crippen molar-refractivity contribution in [3.8, 4) is 10.6 Å². The van der Waals surface area contributed by atoms with Crippen LogP contribution in [0.1, 0.15) is 27.7 Å². The average Bonchev–Trinajstić information content (AvgIpc) is 3.41. The van der Waals surface area contributed by atoms with Gasteiger partial charge in [-0.3, -0.25) is 4.79 Å². The van der Waals surface area contributed by atoms with Gasteiger partial charge >= 0.3 is 6.18 Å². The van der Waals surface area contributed by atoms with E-state index in [1.807, 2.05) is 25.1 Å². The molecule has 2 aromatic heterocycles. The molecule has 2 saturated heterocycles. The summed E-state index contributed by atoms with van der Waals surface area (Å²) >= 11 is 0.683. The van der Waals surface area contributed by atoms with Gasteiger partial charge in [0.15, 0.2) is 9.84 Å². The van der Waals surface area contributed by atoms with Gasteiger partial charge in [-0.15, -0.1) is 11.3 Å². The molecule has 3 aliphatic rings. The summed E-state index contributed by atoms with van der Waals surface area (Å²) in [6, 6.07) is 6.48. The highest BCUT2D eigenvalue weighted by Gasteiger charge is 2.41. The lowest BCUT2D eigenvalue weighted by atomic mass is 10.1. The SMILES string of the molecule is CCc1cc(N2CCNC(CO)C2)ccc1Nc1ncc(C(F)(F)F)c(-c2cc3c(s2)C(=O)N(C2COC2)CCS3(=O)=O)n1. The summed E-state index contributed by atoms with van der Waals surface area (Å²) < 4.78 is 73.8. The summed E-state index contributed by atoms with van der Waals surface area (Å²) in [5.74, 6) is -0.996. The highest BCUT2D eigenvalue weighted by Crippen LogP contribution is 2.42. The number of nitrogens with zero attached hydrogens (tertiary/aromatic N) is 4. The first kappa shape index (κ1) is 30.7. The van der Waals surface area contributed by atoms with Crippen LogP contribution in [0.15, 0.2) is 35.4 Å². The lowest BCUT2D eigenvalue weighted by molar-refractivity contribution is -0.137. The molecule has 3 aliphatic heterocycles. The van der Waals surface area contributed by atoms with E-state index < -0.39 is 33.2 Å². The minimum Gasteiger partial charge on any atom is -0.395 e. The zero-order valence-electron chi connectivity index (χ0n) is 23.7. The number of rotatable bonds is 7. The highest BCUT2D eigenvalue weighted by molar-refractivity contribution is 7.91. The first-order valence-electron chi connectivity index (χ1n) is 14.2. The minimum absolute atomic E-state index is 0.0173. The molecule has 2 fully saturated rings. The quantitative estimate of drug-likeness (QED) is 0.350. The predicted octanol–water partition coefficient (Wildman–Crippen LogP) is 2.93. The number of alkyl halides is 3. The van der Waals surface area contributed by atoms with Crippen LogP contribution >= 0.6 is 11.3 Å². The van der Waals surface area contributed by atoms with E-state index in [9.17, 15) is 31.5 Å². The molecule has 5 heterocycles. The molecule has 0 spiro atoms. The summed E-state index contributed by atoms with van der Waals surface area (Å²) in [4.78, 5) is 24.6. The van der Waals surface area contributed by atoms with E-state index in [4.69, 9.17) is 4.74 Å². The number of nitrogens with one attached hydrogen (secondary N) is 2. The van der Waals surface area contributed by atoms with Gasteiger partial charge in [0.2, 0.25) is 5.95 Å². The van der Waals surface area contributed by atoms with Crippen LogP contribution in [0.25, 0.3) is 10.6 Å². The number of aliphatic hydroxyl groups excluding tert-OH is 1. The number of carbonyl (C=O) groups excluding carboxylic acids is 1. The number of piperazine rings is 1. The third-order valence-corrected chi connectivity index (χ3v) is 11.0. The minimum atomic E-state index is -4.83. The summed E-state index contributed by atoms with van der Waals surface area (Å²) in [6.07, 6.45) is -3.56. The van der Waals surface area contributed by atoms with Crippen LogP contribution in [0, 0.1) is 0 Å². The van der Waals surface area contributed by atoms with Gasteiger partial charge < -0.3 is 30.3 Å². The van der Waals surface area contributed by atoms with E-state index in [-0.39, 0.29) is 64.8 Å². The van der Waals surface area contributed by atoms with Gasteiger partial charge in [-0.1, -0.05) is 6.92 Å². The number of halogens is 3. The number of ether oxygens (including phenoxy) is 1. The van der Waals surface area contributed by atoms with Crippen LogP contribution in [-0.4, -0.2) is 98.1 Å². The molecular formula is C28H31F3N6O5S2. The number of aliphatic hydroxyl groups is 1. The molecule has 1 atom stereocenters. The normalized spacial score (nSPS) is 20.7. The zero-order chi connectivity index (χ0) is 31.2. The molecule has 0 radical (unpaired) electrons. The Hall–Kier alpha value is -3.31. The van der Waals surface area contributed by atoms with Gasteiger partial charge in [0.25, 0.3) is 5.91 Å². The van der Waals surface area contributed by atoms with Crippen molar-refractivity contribution in [3.05, 3.63) is 46.5 Å². The van der Waals surface area contributed by atoms with Crippen LogP contribution < -0.4 is 15.5 Å². The Bertz CT molecular complexity index is 1680. The van der Waals surface area contributed by atoms with Gasteiger partial charge in [0.1, 0.15) is 10.4 Å². The second-order valence-electron chi connectivity index (χ2n) is 10.9. The third-order valence-electron chi connectivity index (χ3n) is 8.04. The van der Waals surface area contributed by atoms with Crippen LogP contribution in [0.3, 0.4) is 0 Å². The number of fused-ring (bicyclic) bond motifs is 1. The number of hydrogen-bond acceptors (Lipinski definition) is 11. The Morgan fingerprint density at radius 1 is 1.23 bits per heavy atom. The average molecular weight is 653 g/mol. The number of anilines is 3. The molecule has 0 aliphatic carbocycles. The topological polar surface area (TPSA) is 137 Å². The molecule has 6 rings (SSSR count). The standard InChI is InChI=1S/C28H31F3N6O5S2/c1-2-16-9-18(36-6-5-32-17(12-36)13-38)3-4-21(16)34-27-33-11-20(28(29,30)31)24(35-27)22-10-23-25(43-22)26(39)37(19-14-42-15-19)7-8-44(23,40)41/h3-4,9-11,17,19,32,38H,2,5-8,12-15H2,1H3,(H,33,34,35). The number of hydrogen-bond donors (Lipinski definition) is 3. The molecule has 236 valence electrons. The van der Waals surface area contributed by atoms with Crippen LogP contribution in [-0.2, 0) is 27.2 Å². The third kappa shape index (κ3) is 5.88. The maximum absolute atomic E-state index is 14.2. The van der Waals surface area contributed by atoms with Gasteiger partial charge in [-0.2, -0.15) is 13.2 Å². The zero-order valence-corrected chi connectivity index (χ0v) is 25.4. The fourth-order valence-corrected chi connectivity index (χ4v) is 8.43. The Morgan fingerprint density at radius 2 is 2.02 bits per heavy atom. The lowest BCUT2D eigenvalue weighted by Crippen LogP contribution is -2.52. The van der Waals surface area contributed by atoms with Crippen molar-refractivity contribution in [2.45, 2.75) is 36.5 Å². The lowest BCUT2D eigenvalue weighted by Gasteiger charge is -2.36. The summed E-state index contributed by atoms with van der Waals surface area (Å²) in [7, 11) is -3.94. The Morgan fingerprint density at radius 3 is 2.70 bits per heavy atom. The molecule has 1 amide bonds. The number of sulfone groups is 1. The molecule has 16 heteroatoms. The van der Waals surface area contributed by atoms with E-state index in [0.29, 0.717) is 36.2 Å². The summed E-state index contributed by atoms with van der Waals surface area (Å²) in [6.45, 7) is 4.62. The first-order chi connectivity index (χ1) is 21.0. The summed E-state index contributed by atoms with van der Waals surface area (Å²) in [5, 5.41) is 15.8. The van der Waals surface area contributed by atoms with Gasteiger partial charge in [-0.05, 0) is 36.2 Å². The molecule has 3 aromatic rings. The fourth-order valence-electron chi connectivity index (χ4n) is 5.51. The Kier molecular flexibility index (Phi) is 8.30. The van der Waals surface area contributed by atoms with Crippen molar-refractivity contribution in [2.75, 3.05) is 62.0 Å². The smallest absolute Gasteiger partial charge is 0.395 e. The second-order valence-corrected chi connectivity index (χ2v) is 14.0. The number of carbonyl (C=O) groups is 1. The van der Waals surface area contributed by atoms with Crippen molar-refractivity contribution in [1.29, 1.82) is 0 Å². The molecule has 1 aromatic carbocycles. The molecular weight excluding hydrogens is 621 g/mol. The van der Waals surface area contributed by atoms with E-state index in [2.05, 4.69) is 25.5 Å². The monoisotopic (exact) mass is 652 g/mol. The number of aromatic nitrogens is 2. The van der Waals surface area contributed by atoms with Gasteiger partial charge in [-0.25, -0.2) is 18.4 Å². The van der Waals surface area contributed by atoms with Crippen molar-refractivity contribution in [1.82, 2.24) is 20.2 Å². The predicted molar refractivity (Wildman–Crippen MR) is 158 cm³/mol. The van der Waals surface area contributed by atoms with Gasteiger partial charge in [0.05, 0.1) is 47.1 Å². The van der Waals surface area contributed by atoms with Crippen molar-refractivity contribution in [2.24, 2.45) is 0 Å². The highest BCUT2D eigenvalue weighted by atomic mass is 32.2.